The summed E-state index contributed by atoms with van der Waals surface area (Å²) in [7, 11) is 0. The van der Waals surface area contributed by atoms with Crippen molar-refractivity contribution in [3.05, 3.63) is 0 Å². The van der Waals surface area contributed by atoms with Crippen LogP contribution < -0.4 is 0 Å². The zero-order valence-electron chi connectivity index (χ0n) is 14.8. The van der Waals surface area contributed by atoms with Crippen molar-refractivity contribution in [3.8, 4) is 0 Å². The van der Waals surface area contributed by atoms with Crippen LogP contribution in [0.5, 0.6) is 0 Å². The Morgan fingerprint density at radius 1 is 1.22 bits per heavy atom. The molecule has 6 nitrogen and oxygen atoms in total. The molecule has 4 unspecified atom stereocenters. The molecule has 4 atom stereocenters. The van der Waals surface area contributed by atoms with Crippen molar-refractivity contribution in [2.45, 2.75) is 58.8 Å². The van der Waals surface area contributed by atoms with Crippen LogP contribution in [0, 0.1) is 5.92 Å². The van der Waals surface area contributed by atoms with Crippen LogP contribution in [0.25, 0.3) is 0 Å². The predicted molar refractivity (Wildman–Crippen MR) is 87.0 cm³/mol. The van der Waals surface area contributed by atoms with Gasteiger partial charge in [0.15, 0.2) is 0 Å². The van der Waals surface area contributed by atoms with Gasteiger partial charge in [-0.15, -0.1) is 0 Å². The Bertz CT molecular complexity index is 419. The molecule has 0 aliphatic carbocycles. The highest BCUT2D eigenvalue weighted by Gasteiger charge is 2.35. The Labute approximate surface area is 139 Å². The number of morpholine rings is 1. The van der Waals surface area contributed by atoms with Crippen molar-refractivity contribution in [1.29, 1.82) is 0 Å². The third-order valence-corrected chi connectivity index (χ3v) is 4.71. The third-order valence-electron chi connectivity index (χ3n) is 4.71. The normalized spacial score (nSPS) is 30.8. The number of amides is 1. The minimum absolute atomic E-state index is 0.0727. The summed E-state index contributed by atoms with van der Waals surface area (Å²) in [6, 6.07) is -0.204. The quantitative estimate of drug-likeness (QED) is 0.729. The van der Waals surface area contributed by atoms with E-state index in [2.05, 4.69) is 4.90 Å². The van der Waals surface area contributed by atoms with E-state index < -0.39 is 0 Å². The van der Waals surface area contributed by atoms with Gasteiger partial charge in [0.2, 0.25) is 5.91 Å². The smallest absolute Gasteiger partial charge is 0.310 e. The maximum absolute atomic E-state index is 12.8. The second-order valence-electron chi connectivity index (χ2n) is 6.76. The Morgan fingerprint density at radius 2 is 1.87 bits per heavy atom. The van der Waals surface area contributed by atoms with Gasteiger partial charge in [-0.1, -0.05) is 0 Å². The zero-order valence-corrected chi connectivity index (χ0v) is 14.8. The minimum atomic E-state index is -0.204. The van der Waals surface area contributed by atoms with Crippen LogP contribution in [0.3, 0.4) is 0 Å². The first-order valence-corrected chi connectivity index (χ1v) is 8.77. The molecule has 0 aromatic heterocycles. The summed E-state index contributed by atoms with van der Waals surface area (Å²) in [5.74, 6) is -0.108. The Kier molecular flexibility index (Phi) is 6.41. The molecular formula is C17H30N2O4. The van der Waals surface area contributed by atoms with Crippen LogP contribution in [-0.2, 0) is 19.1 Å². The van der Waals surface area contributed by atoms with E-state index >= 15 is 0 Å². The van der Waals surface area contributed by atoms with Crippen molar-refractivity contribution in [3.63, 3.8) is 0 Å². The summed E-state index contributed by atoms with van der Waals surface area (Å²) in [6.07, 6.45) is 1.92. The number of esters is 1. The first kappa shape index (κ1) is 18.2. The molecular weight excluding hydrogens is 296 g/mol. The van der Waals surface area contributed by atoms with Crippen LogP contribution in [-0.4, -0.2) is 72.7 Å². The standard InChI is InChI=1S/C17H30N2O4/c1-5-22-17(21)15-7-6-8-18(11-15)14(4)16(20)19-9-12(2)23-13(3)10-19/h12-15H,5-11H2,1-4H3. The average Bonchev–Trinajstić information content (AvgIpc) is 2.53. The summed E-state index contributed by atoms with van der Waals surface area (Å²) in [5.41, 5.74) is 0. The maximum Gasteiger partial charge on any atom is 0.310 e. The lowest BCUT2D eigenvalue weighted by Crippen LogP contribution is -2.56. The van der Waals surface area contributed by atoms with Crippen LogP contribution in [0.1, 0.15) is 40.5 Å². The lowest BCUT2D eigenvalue weighted by Gasteiger charge is -2.40. The van der Waals surface area contributed by atoms with Gasteiger partial charge in [-0.3, -0.25) is 14.5 Å². The molecule has 0 spiro atoms. The van der Waals surface area contributed by atoms with Crippen LogP contribution >= 0.6 is 0 Å². The summed E-state index contributed by atoms with van der Waals surface area (Å²) >= 11 is 0. The molecule has 0 aromatic carbocycles. The lowest BCUT2D eigenvalue weighted by atomic mass is 9.96. The largest absolute Gasteiger partial charge is 0.466 e. The second-order valence-corrected chi connectivity index (χ2v) is 6.76. The number of carbonyl (C=O) groups is 2. The summed E-state index contributed by atoms with van der Waals surface area (Å²) in [4.78, 5) is 28.8. The van der Waals surface area contributed by atoms with Crippen molar-refractivity contribution in [2.75, 3.05) is 32.8 Å². The lowest BCUT2D eigenvalue weighted by molar-refractivity contribution is -0.154. The first-order valence-electron chi connectivity index (χ1n) is 8.77. The molecule has 23 heavy (non-hydrogen) atoms. The molecule has 0 radical (unpaired) electrons. The monoisotopic (exact) mass is 326 g/mol. The van der Waals surface area contributed by atoms with Gasteiger partial charge < -0.3 is 14.4 Å². The molecule has 2 heterocycles. The Balaban J connectivity index is 1.94. The summed E-state index contributed by atoms with van der Waals surface area (Å²) < 4.78 is 10.8. The van der Waals surface area contributed by atoms with Gasteiger partial charge in [0.1, 0.15) is 0 Å². The second kappa shape index (κ2) is 8.11. The Morgan fingerprint density at radius 3 is 2.48 bits per heavy atom. The fourth-order valence-corrected chi connectivity index (χ4v) is 3.59. The van der Waals surface area contributed by atoms with E-state index in [-0.39, 0.29) is 36.0 Å². The number of hydrogen-bond donors (Lipinski definition) is 0. The van der Waals surface area contributed by atoms with Crippen LogP contribution in [0.15, 0.2) is 0 Å². The molecule has 2 aliphatic rings. The van der Waals surface area contributed by atoms with Gasteiger partial charge in [0.05, 0.1) is 30.8 Å². The van der Waals surface area contributed by atoms with Crippen molar-refractivity contribution < 1.29 is 19.1 Å². The molecule has 2 saturated heterocycles. The number of piperidine rings is 1. The highest BCUT2D eigenvalue weighted by atomic mass is 16.5. The van der Waals surface area contributed by atoms with Gasteiger partial charge in [-0.2, -0.15) is 0 Å². The summed E-state index contributed by atoms with van der Waals surface area (Å²) in [5, 5.41) is 0. The van der Waals surface area contributed by atoms with E-state index in [9.17, 15) is 9.59 Å². The molecule has 1 amide bonds. The van der Waals surface area contributed by atoms with Crippen LogP contribution in [0.4, 0.5) is 0 Å². The summed E-state index contributed by atoms with van der Waals surface area (Å²) in [6.45, 7) is 10.9. The van der Waals surface area contributed by atoms with Gasteiger partial charge in [0, 0.05) is 19.6 Å². The molecule has 132 valence electrons. The molecule has 0 aromatic rings. The minimum Gasteiger partial charge on any atom is -0.466 e. The molecule has 2 rings (SSSR count). The number of ether oxygens (including phenoxy) is 2. The van der Waals surface area contributed by atoms with Gasteiger partial charge >= 0.3 is 5.97 Å². The SMILES string of the molecule is CCOC(=O)C1CCCN(C(C)C(=O)N2CC(C)OC(C)C2)C1. The Hall–Kier alpha value is -1.14. The number of nitrogens with zero attached hydrogens (tertiary/aromatic N) is 2. The highest BCUT2D eigenvalue weighted by molar-refractivity contribution is 5.82. The van der Waals surface area contributed by atoms with E-state index in [1.165, 1.54) is 0 Å². The highest BCUT2D eigenvalue weighted by Crippen LogP contribution is 2.21. The van der Waals surface area contributed by atoms with Crippen LogP contribution in [0.2, 0.25) is 0 Å². The van der Waals surface area contributed by atoms with E-state index in [4.69, 9.17) is 9.47 Å². The molecule has 0 N–H and O–H groups in total. The molecule has 0 bridgehead atoms. The van der Waals surface area contributed by atoms with Gasteiger partial charge in [0.25, 0.3) is 0 Å². The molecule has 0 saturated carbocycles. The van der Waals surface area contributed by atoms with Crippen molar-refractivity contribution >= 4 is 11.9 Å². The van der Waals surface area contributed by atoms with Crippen molar-refractivity contribution in [2.24, 2.45) is 5.92 Å². The molecule has 2 fully saturated rings. The van der Waals surface area contributed by atoms with E-state index in [1.54, 1.807) is 0 Å². The fourth-order valence-electron chi connectivity index (χ4n) is 3.59. The van der Waals surface area contributed by atoms with E-state index in [0.717, 1.165) is 19.4 Å². The zero-order chi connectivity index (χ0) is 17.0. The van der Waals surface area contributed by atoms with Gasteiger partial charge in [-0.05, 0) is 47.1 Å². The number of hydrogen-bond acceptors (Lipinski definition) is 5. The molecule has 6 heteroatoms. The van der Waals surface area contributed by atoms with Crippen molar-refractivity contribution in [1.82, 2.24) is 9.80 Å². The maximum atomic E-state index is 12.8. The molecule has 2 aliphatic heterocycles. The topological polar surface area (TPSA) is 59.1 Å². The van der Waals surface area contributed by atoms with Gasteiger partial charge in [-0.25, -0.2) is 0 Å². The average molecular weight is 326 g/mol. The third kappa shape index (κ3) is 4.67. The number of rotatable bonds is 4. The fraction of sp³-hybridized carbons (Fsp3) is 0.882. The van der Waals surface area contributed by atoms with E-state index in [0.29, 0.717) is 26.2 Å². The number of carbonyl (C=O) groups excluding carboxylic acids is 2. The predicted octanol–water partition coefficient (Wildman–Crippen LogP) is 1.29. The van der Waals surface area contributed by atoms with E-state index in [1.807, 2.05) is 32.6 Å². The number of likely N-dealkylation sites (tertiary alicyclic amines) is 1. The first-order chi connectivity index (χ1) is 10.9.